The van der Waals surface area contributed by atoms with Gasteiger partial charge in [-0.3, -0.25) is 4.79 Å². The Kier molecular flexibility index (Phi) is 7.76. The molecule has 13 nitrogen and oxygen atoms in total. The normalized spacial score (nSPS) is 11.6. The fraction of sp³-hybridized carbons (Fsp3) is 0.240. The predicted molar refractivity (Wildman–Crippen MR) is 142 cm³/mol. The Hall–Kier alpha value is -4.98. The number of carbonyl (C=O) groups is 1. The van der Waals surface area contributed by atoms with Crippen LogP contribution in [0.2, 0.25) is 0 Å². The Labute approximate surface area is 222 Å². The summed E-state index contributed by atoms with van der Waals surface area (Å²) in [5.41, 5.74) is 1.59. The molecule has 0 fully saturated rings. The van der Waals surface area contributed by atoms with Crippen LogP contribution in [-0.2, 0) is 18.4 Å². The number of fused-ring (bicyclic) bond motifs is 1. The predicted octanol–water partition coefficient (Wildman–Crippen LogP) is 3.33. The van der Waals surface area contributed by atoms with Crippen LogP contribution >= 0.6 is 0 Å². The molecule has 39 heavy (non-hydrogen) atoms. The first-order valence-corrected chi connectivity index (χ1v) is 11.7. The molecule has 0 bridgehead atoms. The molecular weight excluding hydrogens is 509 g/mol. The molecule has 2 N–H and O–H groups in total. The molecule has 0 aliphatic heterocycles. The molecule has 1 aromatic carbocycles. The number of imidazole rings is 1. The minimum atomic E-state index is -0.502. The number of quaternary nitrogens is 1. The van der Waals surface area contributed by atoms with Gasteiger partial charge in [0.05, 0.1) is 39.5 Å². The van der Waals surface area contributed by atoms with E-state index in [0.717, 1.165) is 0 Å². The van der Waals surface area contributed by atoms with Gasteiger partial charge in [-0.15, -0.1) is 0 Å². The smallest absolute Gasteiger partial charge is 0.390 e. The lowest BCUT2D eigenvalue weighted by Gasteiger charge is -2.27. The van der Waals surface area contributed by atoms with Crippen molar-refractivity contribution in [3.63, 3.8) is 0 Å². The van der Waals surface area contributed by atoms with Gasteiger partial charge in [-0.25, -0.2) is 19.3 Å². The quantitative estimate of drug-likeness (QED) is 0.135. The zero-order valence-electron chi connectivity index (χ0n) is 21.8. The van der Waals surface area contributed by atoms with Gasteiger partial charge in [0.15, 0.2) is 17.3 Å². The van der Waals surface area contributed by atoms with Crippen LogP contribution in [0.5, 0.6) is 5.75 Å². The van der Waals surface area contributed by atoms with Crippen molar-refractivity contribution in [2.75, 3.05) is 38.4 Å². The van der Waals surface area contributed by atoms with E-state index in [0.29, 0.717) is 45.7 Å². The van der Waals surface area contributed by atoms with Gasteiger partial charge in [-0.2, -0.15) is 0 Å². The Bertz CT molecular complexity index is 1570. The number of aryl methyl sites for hydroxylation is 1. The summed E-state index contributed by atoms with van der Waals surface area (Å²) in [7, 11) is 6.88. The molecule has 4 aromatic rings. The number of hydrogen-bond acceptors (Lipinski definition) is 9. The van der Waals surface area contributed by atoms with Crippen molar-refractivity contribution in [3.8, 4) is 5.75 Å². The molecule has 0 aliphatic rings. The van der Waals surface area contributed by atoms with Gasteiger partial charge in [0.25, 0.3) is 0 Å². The third-order valence-electron chi connectivity index (χ3n) is 5.84. The molecule has 0 aliphatic carbocycles. The number of anilines is 3. The maximum absolute atomic E-state index is 13.8. The standard InChI is InChI=1S/C25H26FN9O4/c1-33-15-30-25(34(37)38)20(33)13-35(2,3)9-5-6-23(36)32-22-11-17-19(12-27-22)28-14-29-24(17)31-16-7-8-18(26)21(10-16)39-4/h5-8,10-12,14-15H,9,13H2,1-4H3,(H-,27,28,29,31,32,36)/p+1. The third kappa shape index (κ3) is 6.48. The van der Waals surface area contributed by atoms with E-state index >= 15 is 0 Å². The molecule has 4 rings (SSSR count). The average molecular weight is 537 g/mol. The van der Waals surface area contributed by atoms with Crippen LogP contribution in [0.3, 0.4) is 0 Å². The minimum absolute atomic E-state index is 0.0834. The first kappa shape index (κ1) is 27.1. The van der Waals surface area contributed by atoms with Crippen LogP contribution < -0.4 is 15.4 Å². The number of carbonyl (C=O) groups excluding carboxylic acids is 1. The monoisotopic (exact) mass is 536 g/mol. The molecule has 0 radical (unpaired) electrons. The number of methoxy groups -OCH3 is 1. The Morgan fingerprint density at radius 3 is 2.77 bits per heavy atom. The molecule has 0 unspecified atom stereocenters. The van der Waals surface area contributed by atoms with Crippen LogP contribution in [0.4, 0.5) is 27.5 Å². The van der Waals surface area contributed by atoms with Crippen LogP contribution in [0.1, 0.15) is 5.69 Å². The molecule has 0 saturated heterocycles. The van der Waals surface area contributed by atoms with Crippen molar-refractivity contribution in [1.82, 2.24) is 24.5 Å². The number of amides is 1. The maximum Gasteiger partial charge on any atom is 0.390 e. The van der Waals surface area contributed by atoms with E-state index in [1.54, 1.807) is 29.8 Å². The molecule has 14 heteroatoms. The molecule has 202 valence electrons. The third-order valence-corrected chi connectivity index (χ3v) is 5.84. The van der Waals surface area contributed by atoms with Crippen molar-refractivity contribution in [2.24, 2.45) is 7.05 Å². The van der Waals surface area contributed by atoms with E-state index in [2.05, 4.69) is 30.6 Å². The van der Waals surface area contributed by atoms with Crippen molar-refractivity contribution in [1.29, 1.82) is 0 Å². The van der Waals surface area contributed by atoms with E-state index in [9.17, 15) is 19.3 Å². The van der Waals surface area contributed by atoms with Crippen molar-refractivity contribution >= 4 is 40.0 Å². The Morgan fingerprint density at radius 1 is 1.23 bits per heavy atom. The van der Waals surface area contributed by atoms with Gasteiger partial charge < -0.3 is 34.5 Å². The second-order valence-corrected chi connectivity index (χ2v) is 9.33. The molecule has 3 heterocycles. The first-order valence-electron chi connectivity index (χ1n) is 11.7. The van der Waals surface area contributed by atoms with E-state index in [-0.39, 0.29) is 17.4 Å². The number of aromatic nitrogens is 5. The largest absolute Gasteiger partial charge is 0.494 e. The average Bonchev–Trinajstić information content (AvgIpc) is 3.24. The fourth-order valence-electron chi connectivity index (χ4n) is 3.86. The summed E-state index contributed by atoms with van der Waals surface area (Å²) < 4.78 is 20.8. The summed E-state index contributed by atoms with van der Waals surface area (Å²) in [6.45, 7) is 0.782. The van der Waals surface area contributed by atoms with Crippen LogP contribution in [0.15, 0.2) is 55.3 Å². The Balaban J connectivity index is 1.44. The minimum Gasteiger partial charge on any atom is -0.494 e. The van der Waals surface area contributed by atoms with Gasteiger partial charge in [0, 0.05) is 30.3 Å². The lowest BCUT2D eigenvalue weighted by molar-refractivity contribution is -0.898. The number of nitro groups is 1. The van der Waals surface area contributed by atoms with Crippen molar-refractivity contribution in [3.05, 3.63) is 76.9 Å². The number of ether oxygens (including phenoxy) is 1. The molecule has 0 spiro atoms. The number of pyridine rings is 1. The molecule has 3 aromatic heterocycles. The Morgan fingerprint density at radius 2 is 2.03 bits per heavy atom. The maximum atomic E-state index is 13.8. The highest BCUT2D eigenvalue weighted by Crippen LogP contribution is 2.27. The second kappa shape index (κ2) is 11.2. The molecule has 0 saturated carbocycles. The van der Waals surface area contributed by atoms with E-state index in [1.165, 1.54) is 44.2 Å². The first-order chi connectivity index (χ1) is 18.6. The van der Waals surface area contributed by atoms with Crippen molar-refractivity contribution < 1.29 is 23.3 Å². The van der Waals surface area contributed by atoms with Crippen LogP contribution in [0.25, 0.3) is 10.9 Å². The molecule has 1 amide bonds. The zero-order chi connectivity index (χ0) is 28.2. The summed E-state index contributed by atoms with van der Waals surface area (Å²) in [4.78, 5) is 39.9. The second-order valence-electron chi connectivity index (χ2n) is 9.33. The van der Waals surface area contributed by atoms with Crippen molar-refractivity contribution in [2.45, 2.75) is 6.54 Å². The molecular formula is C25H27FN9O4+. The van der Waals surface area contributed by atoms with E-state index in [1.807, 2.05) is 14.1 Å². The highest BCUT2D eigenvalue weighted by molar-refractivity contribution is 6.00. The topological polar surface area (TPSA) is 150 Å². The van der Waals surface area contributed by atoms with Gasteiger partial charge >= 0.3 is 5.82 Å². The number of likely N-dealkylation sites (N-methyl/N-ethyl adjacent to an activating group) is 1. The van der Waals surface area contributed by atoms with Gasteiger partial charge in [0.2, 0.25) is 12.2 Å². The zero-order valence-corrected chi connectivity index (χ0v) is 21.8. The summed E-state index contributed by atoms with van der Waals surface area (Å²) in [5, 5.41) is 17.7. The van der Waals surface area contributed by atoms with E-state index in [4.69, 9.17) is 4.74 Å². The number of nitrogens with zero attached hydrogens (tertiary/aromatic N) is 7. The van der Waals surface area contributed by atoms with E-state index < -0.39 is 16.6 Å². The van der Waals surface area contributed by atoms with Crippen LogP contribution in [-0.4, -0.2) is 67.6 Å². The van der Waals surface area contributed by atoms with Gasteiger partial charge in [0.1, 0.15) is 24.5 Å². The summed E-state index contributed by atoms with van der Waals surface area (Å²) in [6, 6.07) is 5.96. The SMILES string of the molecule is COc1cc(Nc2ncnc3cnc(NC(=O)C=CC[N+](C)(C)Cc4c([N+](=O)[O-])ncn4C)cc23)ccc1F. The van der Waals surface area contributed by atoms with Gasteiger partial charge in [-0.1, -0.05) is 0 Å². The van der Waals surface area contributed by atoms with Gasteiger partial charge in [-0.05, 0) is 34.2 Å². The number of hydrogen-bond donors (Lipinski definition) is 2. The highest BCUT2D eigenvalue weighted by Gasteiger charge is 2.26. The summed E-state index contributed by atoms with van der Waals surface area (Å²) in [5.74, 6) is -0.262. The summed E-state index contributed by atoms with van der Waals surface area (Å²) in [6.07, 6.45) is 7.36. The number of halogens is 1. The lowest BCUT2D eigenvalue weighted by atomic mass is 10.2. The lowest BCUT2D eigenvalue weighted by Crippen LogP contribution is -2.39. The van der Waals surface area contributed by atoms with Crippen LogP contribution in [0, 0.1) is 15.9 Å². The fourth-order valence-corrected chi connectivity index (χ4v) is 3.86. The summed E-state index contributed by atoms with van der Waals surface area (Å²) >= 11 is 0. The number of nitrogens with one attached hydrogen (secondary N) is 2. The number of rotatable bonds is 10. The highest BCUT2D eigenvalue weighted by atomic mass is 19.1. The molecule has 0 atom stereocenters. The number of benzene rings is 1.